The van der Waals surface area contributed by atoms with Crippen LogP contribution in [-0.2, 0) is 0 Å². The molecule has 4 heteroatoms. The van der Waals surface area contributed by atoms with E-state index in [4.69, 9.17) is 0 Å². The number of hydrogen-bond acceptors (Lipinski definition) is 2. The van der Waals surface area contributed by atoms with Crippen LogP contribution < -0.4 is 0 Å². The van der Waals surface area contributed by atoms with Crippen molar-refractivity contribution >= 4 is 11.8 Å². The van der Waals surface area contributed by atoms with Crippen molar-refractivity contribution in [3.8, 4) is 0 Å². The Bertz CT molecular complexity index is 239. The van der Waals surface area contributed by atoms with E-state index in [0.29, 0.717) is 0 Å². The Hall–Kier alpha value is -0.640. The molecule has 0 aliphatic rings. The molecule has 0 saturated carbocycles. The molecule has 0 aliphatic heterocycles. The number of aromatic nitrogens is 1. The van der Waals surface area contributed by atoms with Gasteiger partial charge in [0.15, 0.2) is 11.6 Å². The van der Waals surface area contributed by atoms with Gasteiger partial charge in [-0.3, -0.25) is 4.98 Å². The molecular weight excluding hydrogens is 156 g/mol. The van der Waals surface area contributed by atoms with Crippen molar-refractivity contribution in [2.45, 2.75) is 4.90 Å². The van der Waals surface area contributed by atoms with E-state index in [9.17, 15) is 8.78 Å². The lowest BCUT2D eigenvalue weighted by molar-refractivity contribution is 0.486. The number of halogens is 2. The van der Waals surface area contributed by atoms with Crippen LogP contribution in [0, 0.1) is 11.6 Å². The highest BCUT2D eigenvalue weighted by molar-refractivity contribution is 7.98. The number of rotatable bonds is 1. The van der Waals surface area contributed by atoms with Crippen molar-refractivity contribution in [3.05, 3.63) is 24.0 Å². The first-order valence-electron chi connectivity index (χ1n) is 2.58. The average molecular weight is 161 g/mol. The molecule has 1 heterocycles. The molecule has 0 aromatic carbocycles. The third-order valence-corrected chi connectivity index (χ3v) is 1.75. The monoisotopic (exact) mass is 161 g/mol. The second kappa shape index (κ2) is 2.96. The summed E-state index contributed by atoms with van der Waals surface area (Å²) in [5.74, 6) is -1.71. The number of nitrogens with zero attached hydrogens (tertiary/aromatic N) is 1. The van der Waals surface area contributed by atoms with Crippen LogP contribution in [0.3, 0.4) is 0 Å². The van der Waals surface area contributed by atoms with Gasteiger partial charge in [0, 0.05) is 6.20 Å². The van der Waals surface area contributed by atoms with Gasteiger partial charge in [-0.1, -0.05) is 0 Å². The summed E-state index contributed by atoms with van der Waals surface area (Å²) in [5.41, 5.74) is 0. The van der Waals surface area contributed by atoms with Gasteiger partial charge in [-0.05, 0) is 6.26 Å². The first-order chi connectivity index (χ1) is 4.75. The Labute approximate surface area is 61.5 Å². The van der Waals surface area contributed by atoms with Crippen molar-refractivity contribution in [2.75, 3.05) is 6.26 Å². The third-order valence-electron chi connectivity index (χ3n) is 1.03. The quantitative estimate of drug-likeness (QED) is 0.585. The average Bonchev–Trinajstić information content (AvgIpc) is 1.95. The van der Waals surface area contributed by atoms with E-state index in [2.05, 4.69) is 4.98 Å². The van der Waals surface area contributed by atoms with Gasteiger partial charge < -0.3 is 0 Å². The fourth-order valence-corrected chi connectivity index (χ4v) is 0.987. The van der Waals surface area contributed by atoms with Crippen LogP contribution in [-0.4, -0.2) is 11.2 Å². The first-order valence-corrected chi connectivity index (χ1v) is 3.81. The molecule has 0 bridgehead atoms. The molecule has 10 heavy (non-hydrogen) atoms. The van der Waals surface area contributed by atoms with E-state index in [1.54, 1.807) is 6.26 Å². The van der Waals surface area contributed by atoms with Crippen LogP contribution in [0.15, 0.2) is 17.3 Å². The van der Waals surface area contributed by atoms with E-state index < -0.39 is 11.6 Å². The van der Waals surface area contributed by atoms with Crippen molar-refractivity contribution in [1.82, 2.24) is 4.98 Å². The van der Waals surface area contributed by atoms with Crippen LogP contribution in [0.5, 0.6) is 0 Å². The SMILES string of the molecule is CSc1cncc(F)c1F. The van der Waals surface area contributed by atoms with Crippen molar-refractivity contribution in [1.29, 1.82) is 0 Å². The van der Waals surface area contributed by atoms with Gasteiger partial charge >= 0.3 is 0 Å². The second-order valence-electron chi connectivity index (χ2n) is 1.64. The van der Waals surface area contributed by atoms with Gasteiger partial charge in [0.25, 0.3) is 0 Å². The second-order valence-corrected chi connectivity index (χ2v) is 2.49. The maximum Gasteiger partial charge on any atom is 0.178 e. The number of hydrogen-bond donors (Lipinski definition) is 0. The Morgan fingerprint density at radius 1 is 1.40 bits per heavy atom. The van der Waals surface area contributed by atoms with E-state index in [1.807, 2.05) is 0 Å². The summed E-state index contributed by atoms with van der Waals surface area (Å²) in [7, 11) is 0. The summed E-state index contributed by atoms with van der Waals surface area (Å²) in [5, 5.41) is 0. The predicted octanol–water partition coefficient (Wildman–Crippen LogP) is 2.08. The normalized spacial score (nSPS) is 9.90. The Morgan fingerprint density at radius 2 is 2.10 bits per heavy atom. The van der Waals surface area contributed by atoms with Crippen LogP contribution in [0.1, 0.15) is 0 Å². The molecule has 54 valence electrons. The molecule has 0 unspecified atom stereocenters. The Kier molecular flexibility index (Phi) is 2.21. The lowest BCUT2D eigenvalue weighted by Gasteiger charge is -1.96. The molecule has 0 saturated heterocycles. The fourth-order valence-electron chi connectivity index (χ4n) is 0.544. The van der Waals surface area contributed by atoms with Crippen molar-refractivity contribution < 1.29 is 8.78 Å². The molecular formula is C6H5F2NS. The van der Waals surface area contributed by atoms with Crippen LogP contribution in [0.4, 0.5) is 8.78 Å². The van der Waals surface area contributed by atoms with E-state index in [0.717, 1.165) is 18.0 Å². The molecule has 1 aromatic rings. The highest BCUT2D eigenvalue weighted by atomic mass is 32.2. The third kappa shape index (κ3) is 1.26. The lowest BCUT2D eigenvalue weighted by Crippen LogP contribution is -1.88. The summed E-state index contributed by atoms with van der Waals surface area (Å²) >= 11 is 1.13. The molecule has 0 aliphatic carbocycles. The number of pyridine rings is 1. The molecule has 0 atom stereocenters. The van der Waals surface area contributed by atoms with E-state index in [1.165, 1.54) is 6.20 Å². The Morgan fingerprint density at radius 3 is 2.60 bits per heavy atom. The first kappa shape index (κ1) is 7.47. The van der Waals surface area contributed by atoms with Gasteiger partial charge in [-0.15, -0.1) is 11.8 Å². The summed E-state index contributed by atoms with van der Waals surface area (Å²) < 4.78 is 24.9. The minimum absolute atomic E-state index is 0.236. The molecule has 1 aromatic heterocycles. The topological polar surface area (TPSA) is 12.9 Å². The molecule has 0 spiro atoms. The largest absolute Gasteiger partial charge is 0.260 e. The minimum Gasteiger partial charge on any atom is -0.260 e. The van der Waals surface area contributed by atoms with Crippen molar-refractivity contribution in [3.63, 3.8) is 0 Å². The smallest absolute Gasteiger partial charge is 0.178 e. The summed E-state index contributed by atoms with van der Waals surface area (Å²) in [4.78, 5) is 3.72. The summed E-state index contributed by atoms with van der Waals surface area (Å²) in [6.07, 6.45) is 3.82. The van der Waals surface area contributed by atoms with Gasteiger partial charge in [0.2, 0.25) is 0 Å². The summed E-state index contributed by atoms with van der Waals surface area (Å²) in [6, 6.07) is 0. The zero-order chi connectivity index (χ0) is 7.56. The van der Waals surface area contributed by atoms with Crippen LogP contribution in [0.25, 0.3) is 0 Å². The molecule has 0 amide bonds. The van der Waals surface area contributed by atoms with E-state index >= 15 is 0 Å². The molecule has 0 N–H and O–H groups in total. The van der Waals surface area contributed by atoms with Gasteiger partial charge in [0.05, 0.1) is 11.1 Å². The van der Waals surface area contributed by atoms with Crippen LogP contribution >= 0.6 is 11.8 Å². The molecule has 1 rings (SSSR count). The molecule has 0 fully saturated rings. The van der Waals surface area contributed by atoms with Crippen LogP contribution in [0.2, 0.25) is 0 Å². The minimum atomic E-state index is -0.896. The maximum absolute atomic E-state index is 12.6. The lowest BCUT2D eigenvalue weighted by atomic mass is 10.4. The van der Waals surface area contributed by atoms with Crippen molar-refractivity contribution in [2.24, 2.45) is 0 Å². The fraction of sp³-hybridized carbons (Fsp3) is 0.167. The summed E-state index contributed by atoms with van der Waals surface area (Å²) in [6.45, 7) is 0. The molecule has 0 radical (unpaired) electrons. The van der Waals surface area contributed by atoms with Gasteiger partial charge in [-0.25, -0.2) is 8.78 Å². The van der Waals surface area contributed by atoms with E-state index in [-0.39, 0.29) is 4.90 Å². The maximum atomic E-state index is 12.6. The number of thioether (sulfide) groups is 1. The predicted molar refractivity (Wildman–Crippen MR) is 35.9 cm³/mol. The highest BCUT2D eigenvalue weighted by Crippen LogP contribution is 2.18. The molecule has 1 nitrogen and oxygen atoms in total. The Balaban J connectivity index is 3.14. The zero-order valence-corrected chi connectivity index (χ0v) is 6.08. The standard InChI is InChI=1S/C6H5F2NS/c1-10-5-3-9-2-4(7)6(5)8/h2-3H,1H3. The zero-order valence-electron chi connectivity index (χ0n) is 5.27. The highest BCUT2D eigenvalue weighted by Gasteiger charge is 2.05. The van der Waals surface area contributed by atoms with Gasteiger partial charge in [0.1, 0.15) is 0 Å². The van der Waals surface area contributed by atoms with Gasteiger partial charge in [-0.2, -0.15) is 0 Å².